The number of methoxy groups -OCH3 is 1. The molecule has 0 saturated heterocycles. The normalized spacial score (nSPS) is 12.4. The second-order valence-corrected chi connectivity index (χ2v) is 6.46. The first kappa shape index (κ1) is 16.9. The van der Waals surface area contributed by atoms with Crippen molar-refractivity contribution in [2.75, 3.05) is 13.7 Å². The summed E-state index contributed by atoms with van der Waals surface area (Å²) in [5.74, 6) is -0.723. The second-order valence-electron chi connectivity index (χ2n) is 4.69. The van der Waals surface area contributed by atoms with E-state index < -0.39 is 21.4 Å². The van der Waals surface area contributed by atoms with Gasteiger partial charge in [-0.25, -0.2) is 17.5 Å². The van der Waals surface area contributed by atoms with Crippen molar-refractivity contribution in [2.45, 2.75) is 37.1 Å². The molecule has 20 heavy (non-hydrogen) atoms. The van der Waals surface area contributed by atoms with E-state index in [9.17, 15) is 12.8 Å². The molecule has 0 aromatic heterocycles. The molecule has 0 aliphatic carbocycles. The number of hydrogen-bond acceptors (Lipinski definition) is 4. The quantitative estimate of drug-likeness (QED) is 0.802. The van der Waals surface area contributed by atoms with E-state index in [1.165, 1.54) is 19.2 Å². The van der Waals surface area contributed by atoms with Crippen molar-refractivity contribution in [3.05, 3.63) is 24.0 Å². The van der Waals surface area contributed by atoms with Crippen molar-refractivity contribution in [1.82, 2.24) is 4.72 Å². The van der Waals surface area contributed by atoms with Gasteiger partial charge in [0.15, 0.2) is 11.6 Å². The van der Waals surface area contributed by atoms with Gasteiger partial charge in [0.1, 0.15) is 0 Å². The van der Waals surface area contributed by atoms with Gasteiger partial charge in [0.25, 0.3) is 0 Å². The summed E-state index contributed by atoms with van der Waals surface area (Å²) < 4.78 is 44.9. The summed E-state index contributed by atoms with van der Waals surface area (Å²) in [6.45, 7) is 3.89. The maximum Gasteiger partial charge on any atom is 0.240 e. The summed E-state index contributed by atoms with van der Waals surface area (Å²) in [6, 6.07) is 3.50. The van der Waals surface area contributed by atoms with Gasteiger partial charge in [-0.15, -0.1) is 0 Å². The Morgan fingerprint density at radius 3 is 2.40 bits per heavy atom. The number of sulfonamides is 1. The summed E-state index contributed by atoms with van der Waals surface area (Å²) in [5, 5.41) is 0. The minimum absolute atomic E-state index is 0.000706. The molecule has 1 aromatic carbocycles. The van der Waals surface area contributed by atoms with E-state index >= 15 is 0 Å². The Morgan fingerprint density at radius 1 is 1.35 bits per heavy atom. The maximum atomic E-state index is 13.5. The zero-order valence-electron chi connectivity index (χ0n) is 11.9. The average Bonchev–Trinajstić information content (AvgIpc) is 2.44. The van der Waals surface area contributed by atoms with Crippen LogP contribution in [0.2, 0.25) is 0 Å². The van der Waals surface area contributed by atoms with Gasteiger partial charge in [0.05, 0.1) is 12.0 Å². The molecule has 0 spiro atoms. The first-order chi connectivity index (χ1) is 9.28. The molecule has 0 aliphatic heterocycles. The lowest BCUT2D eigenvalue weighted by molar-refractivity contribution is 0.385. The van der Waals surface area contributed by atoms with Gasteiger partial charge in [-0.1, -0.05) is 13.8 Å². The Morgan fingerprint density at radius 2 is 1.95 bits per heavy atom. The SMILES string of the molecule is CCC(N)(CC)CNS(=O)(=O)c1ccc(OC)c(F)c1. The molecular formula is C13H21FN2O3S. The van der Waals surface area contributed by atoms with Gasteiger partial charge in [-0.2, -0.15) is 0 Å². The van der Waals surface area contributed by atoms with Gasteiger partial charge >= 0.3 is 0 Å². The average molecular weight is 304 g/mol. The molecule has 3 N–H and O–H groups in total. The largest absolute Gasteiger partial charge is 0.494 e. The van der Waals surface area contributed by atoms with Crippen LogP contribution in [-0.4, -0.2) is 27.6 Å². The Bertz CT molecular complexity index is 557. The van der Waals surface area contributed by atoms with Crippen LogP contribution in [0.25, 0.3) is 0 Å². The molecule has 0 atom stereocenters. The van der Waals surface area contributed by atoms with Crippen molar-refractivity contribution in [1.29, 1.82) is 0 Å². The number of hydrogen-bond donors (Lipinski definition) is 2. The molecule has 7 heteroatoms. The van der Waals surface area contributed by atoms with Gasteiger partial charge < -0.3 is 10.5 Å². The van der Waals surface area contributed by atoms with Gasteiger partial charge in [-0.05, 0) is 31.0 Å². The molecule has 0 radical (unpaired) electrons. The van der Waals surface area contributed by atoms with Crippen molar-refractivity contribution in [3.8, 4) is 5.75 Å². The fourth-order valence-corrected chi connectivity index (χ4v) is 2.79. The molecule has 5 nitrogen and oxygen atoms in total. The van der Waals surface area contributed by atoms with Crippen LogP contribution in [0.5, 0.6) is 5.75 Å². The van der Waals surface area contributed by atoms with E-state index in [0.717, 1.165) is 6.07 Å². The molecule has 0 bridgehead atoms. The smallest absolute Gasteiger partial charge is 0.240 e. The van der Waals surface area contributed by atoms with E-state index in [1.807, 2.05) is 13.8 Å². The third-order valence-corrected chi connectivity index (χ3v) is 4.85. The molecule has 0 fully saturated rings. The predicted molar refractivity (Wildman–Crippen MR) is 75.6 cm³/mol. The van der Waals surface area contributed by atoms with E-state index in [1.54, 1.807) is 0 Å². The van der Waals surface area contributed by atoms with Crippen LogP contribution in [-0.2, 0) is 10.0 Å². The van der Waals surface area contributed by atoms with E-state index in [-0.39, 0.29) is 17.2 Å². The molecule has 114 valence electrons. The van der Waals surface area contributed by atoms with Crippen molar-refractivity contribution in [3.63, 3.8) is 0 Å². The lowest BCUT2D eigenvalue weighted by Crippen LogP contribution is -2.49. The Kier molecular flexibility index (Phi) is 5.50. The molecule has 0 heterocycles. The summed E-state index contributed by atoms with van der Waals surface area (Å²) >= 11 is 0. The lowest BCUT2D eigenvalue weighted by atomic mass is 9.95. The van der Waals surface area contributed by atoms with Crippen LogP contribution in [0.4, 0.5) is 4.39 Å². The number of rotatable bonds is 7. The van der Waals surface area contributed by atoms with Crippen LogP contribution in [0.15, 0.2) is 23.1 Å². The lowest BCUT2D eigenvalue weighted by Gasteiger charge is -2.26. The van der Waals surface area contributed by atoms with E-state index in [0.29, 0.717) is 12.8 Å². The predicted octanol–water partition coefficient (Wildman–Crippen LogP) is 1.63. The minimum atomic E-state index is -3.79. The Balaban J connectivity index is 2.92. The third kappa shape index (κ3) is 3.91. The van der Waals surface area contributed by atoms with Crippen LogP contribution in [0.3, 0.4) is 0 Å². The van der Waals surface area contributed by atoms with Crippen molar-refractivity contribution >= 4 is 10.0 Å². The van der Waals surface area contributed by atoms with Crippen LogP contribution < -0.4 is 15.2 Å². The molecule has 1 aromatic rings. The third-order valence-electron chi connectivity index (χ3n) is 3.46. The number of benzene rings is 1. The second kappa shape index (κ2) is 6.51. The maximum absolute atomic E-state index is 13.5. The van der Waals surface area contributed by atoms with Crippen LogP contribution in [0, 0.1) is 5.82 Å². The Labute approximate surface area is 119 Å². The number of nitrogens with one attached hydrogen (secondary N) is 1. The zero-order valence-corrected chi connectivity index (χ0v) is 12.8. The molecule has 1 rings (SSSR count). The number of halogens is 1. The molecular weight excluding hydrogens is 283 g/mol. The highest BCUT2D eigenvalue weighted by Crippen LogP contribution is 2.21. The topological polar surface area (TPSA) is 81.4 Å². The summed E-state index contributed by atoms with van der Waals surface area (Å²) in [6.07, 6.45) is 1.28. The highest BCUT2D eigenvalue weighted by molar-refractivity contribution is 7.89. The summed E-state index contributed by atoms with van der Waals surface area (Å²) in [4.78, 5) is -0.148. The van der Waals surface area contributed by atoms with Crippen LogP contribution >= 0.6 is 0 Å². The van der Waals surface area contributed by atoms with Gasteiger partial charge in [0.2, 0.25) is 10.0 Å². The summed E-state index contributed by atoms with van der Waals surface area (Å²) in [7, 11) is -2.47. The monoisotopic (exact) mass is 304 g/mol. The highest BCUT2D eigenvalue weighted by Gasteiger charge is 2.24. The standard InChI is InChI=1S/C13H21FN2O3S/c1-4-13(15,5-2)9-16-20(17,18)10-6-7-12(19-3)11(14)8-10/h6-8,16H,4-5,9,15H2,1-3H3. The zero-order chi connectivity index (χ0) is 15.4. The fourth-order valence-electron chi connectivity index (χ4n) is 1.64. The highest BCUT2D eigenvalue weighted by atomic mass is 32.2. The first-order valence-corrected chi connectivity index (χ1v) is 7.88. The first-order valence-electron chi connectivity index (χ1n) is 6.40. The van der Waals surface area contributed by atoms with Crippen LogP contribution in [0.1, 0.15) is 26.7 Å². The molecule has 0 saturated carbocycles. The summed E-state index contributed by atoms with van der Waals surface area (Å²) in [5.41, 5.74) is 5.44. The molecule has 0 unspecified atom stereocenters. The van der Waals surface area contributed by atoms with E-state index in [2.05, 4.69) is 4.72 Å². The van der Waals surface area contributed by atoms with Crippen molar-refractivity contribution < 1.29 is 17.5 Å². The Hall–Kier alpha value is -1.18. The number of nitrogens with two attached hydrogens (primary N) is 1. The van der Waals surface area contributed by atoms with E-state index in [4.69, 9.17) is 10.5 Å². The minimum Gasteiger partial charge on any atom is -0.494 e. The molecule has 0 amide bonds. The number of ether oxygens (including phenoxy) is 1. The van der Waals surface area contributed by atoms with Gasteiger partial charge in [0, 0.05) is 12.1 Å². The van der Waals surface area contributed by atoms with Crippen molar-refractivity contribution in [2.24, 2.45) is 5.73 Å². The fraction of sp³-hybridized carbons (Fsp3) is 0.538. The van der Waals surface area contributed by atoms with Gasteiger partial charge in [-0.3, -0.25) is 0 Å². The molecule has 0 aliphatic rings.